The first-order valence-corrected chi connectivity index (χ1v) is 13.9. The van der Waals surface area contributed by atoms with Crippen molar-refractivity contribution in [3.63, 3.8) is 0 Å². The summed E-state index contributed by atoms with van der Waals surface area (Å²) in [4.78, 5) is 0. The second-order valence-corrected chi connectivity index (χ2v) is 12.1. The molecule has 0 amide bonds. The van der Waals surface area contributed by atoms with Crippen LogP contribution in [-0.4, -0.2) is 4.57 Å². The van der Waals surface area contributed by atoms with Crippen molar-refractivity contribution in [2.75, 3.05) is 0 Å². The minimum absolute atomic E-state index is 0.156. The Morgan fingerprint density at radius 3 is 2.27 bits per heavy atom. The molecule has 5 aromatic rings. The van der Waals surface area contributed by atoms with Gasteiger partial charge in [0, 0.05) is 27.4 Å². The summed E-state index contributed by atoms with van der Waals surface area (Å²) in [6.45, 7) is 0. The average Bonchev–Trinajstić information content (AvgIpc) is 3.42. The lowest BCUT2D eigenvalue weighted by molar-refractivity contribution is -0.0399. The summed E-state index contributed by atoms with van der Waals surface area (Å²) in [6, 6.07) is 33.6. The maximum Gasteiger partial charge on any atom is 0.0992 e. The number of benzene rings is 4. The maximum atomic E-state index is 9.69. The Morgan fingerprint density at radius 1 is 0.703 bits per heavy atom. The first kappa shape index (κ1) is 20.3. The van der Waals surface area contributed by atoms with Gasteiger partial charge in [0.25, 0.3) is 0 Å². The van der Waals surface area contributed by atoms with Crippen molar-refractivity contribution < 1.29 is 0 Å². The normalized spacial score (nSPS) is 28.6. The Labute approximate surface area is 217 Å². The summed E-state index contributed by atoms with van der Waals surface area (Å²) in [6.07, 6.45) is 7.05. The molecule has 2 heteroatoms. The highest BCUT2D eigenvalue weighted by molar-refractivity contribution is 6.15. The fourth-order valence-electron chi connectivity index (χ4n) is 9.67. The van der Waals surface area contributed by atoms with Crippen LogP contribution in [0.5, 0.6) is 0 Å². The summed E-state index contributed by atoms with van der Waals surface area (Å²) in [5.74, 6) is 3.38. The van der Waals surface area contributed by atoms with E-state index in [0.29, 0.717) is 5.56 Å². The van der Waals surface area contributed by atoms with Crippen molar-refractivity contribution in [3.8, 4) is 22.9 Å². The maximum absolute atomic E-state index is 9.69. The second kappa shape index (κ2) is 6.93. The van der Waals surface area contributed by atoms with Gasteiger partial charge in [-0.3, -0.25) is 0 Å². The highest BCUT2D eigenvalue weighted by Crippen LogP contribution is 2.70. The Morgan fingerprint density at radius 2 is 1.46 bits per heavy atom. The zero-order valence-electron chi connectivity index (χ0n) is 20.8. The number of hydrogen-bond donors (Lipinski definition) is 0. The smallest absolute Gasteiger partial charge is 0.0992 e. The quantitative estimate of drug-likeness (QED) is 0.239. The van der Waals surface area contributed by atoms with Gasteiger partial charge in [-0.05, 0) is 96.7 Å². The van der Waals surface area contributed by atoms with Gasteiger partial charge in [-0.2, -0.15) is 5.26 Å². The number of rotatable bonds is 1. The molecule has 4 saturated carbocycles. The van der Waals surface area contributed by atoms with Crippen molar-refractivity contribution in [2.24, 2.45) is 23.7 Å². The molecule has 5 aliphatic rings. The molecule has 1 heterocycles. The van der Waals surface area contributed by atoms with E-state index in [-0.39, 0.29) is 5.41 Å². The van der Waals surface area contributed by atoms with Gasteiger partial charge in [0.1, 0.15) is 0 Å². The van der Waals surface area contributed by atoms with Crippen LogP contribution in [0.2, 0.25) is 0 Å². The predicted molar refractivity (Wildman–Crippen MR) is 149 cm³/mol. The molecule has 1 spiro atoms. The number of para-hydroxylation sites is 1. The summed E-state index contributed by atoms with van der Waals surface area (Å²) in [5, 5.41) is 12.3. The van der Waals surface area contributed by atoms with Crippen LogP contribution in [0.3, 0.4) is 0 Å². The van der Waals surface area contributed by atoms with E-state index in [9.17, 15) is 5.26 Å². The molecule has 1 aromatic heterocycles. The van der Waals surface area contributed by atoms with Gasteiger partial charge in [0.05, 0.1) is 22.7 Å². The highest BCUT2D eigenvalue weighted by atomic mass is 15.0. The molecule has 37 heavy (non-hydrogen) atoms. The van der Waals surface area contributed by atoms with Gasteiger partial charge in [-0.25, -0.2) is 0 Å². The summed E-state index contributed by atoms with van der Waals surface area (Å²) >= 11 is 0. The Bertz CT molecular complexity index is 1780. The molecular weight excluding hydrogens is 448 g/mol. The van der Waals surface area contributed by atoms with Gasteiger partial charge in [-0.15, -0.1) is 0 Å². The standard InChI is InChI=1S/C35H28N2/c36-20-21-6-5-7-26(19-21)37-32-11-4-2-8-27(32)28-12-13-31-33(34(28)37)29-9-1-3-10-30(29)35(31)24-15-22-14-23(17-24)18-25(35)16-22/h1-13,19,22-25H,14-18H2. The van der Waals surface area contributed by atoms with E-state index >= 15 is 0 Å². The summed E-state index contributed by atoms with van der Waals surface area (Å²) in [5.41, 5.74) is 10.5. The largest absolute Gasteiger partial charge is 0.309 e. The zero-order valence-corrected chi connectivity index (χ0v) is 20.8. The topological polar surface area (TPSA) is 28.7 Å². The van der Waals surface area contributed by atoms with Crippen molar-refractivity contribution in [2.45, 2.75) is 37.5 Å². The molecule has 4 bridgehead atoms. The second-order valence-electron chi connectivity index (χ2n) is 12.1. The Balaban J connectivity index is 1.45. The first-order chi connectivity index (χ1) is 18.3. The average molecular weight is 477 g/mol. The van der Waals surface area contributed by atoms with E-state index in [4.69, 9.17) is 0 Å². The minimum Gasteiger partial charge on any atom is -0.309 e. The molecule has 10 rings (SSSR count). The molecule has 2 nitrogen and oxygen atoms in total. The van der Waals surface area contributed by atoms with Crippen LogP contribution >= 0.6 is 0 Å². The number of nitrogens with zero attached hydrogens (tertiary/aromatic N) is 2. The minimum atomic E-state index is 0.156. The van der Waals surface area contributed by atoms with E-state index < -0.39 is 0 Å². The third kappa shape index (κ3) is 2.37. The number of aromatic nitrogens is 1. The predicted octanol–water partition coefficient (Wildman–Crippen LogP) is 8.38. The van der Waals surface area contributed by atoms with E-state index in [1.165, 1.54) is 65.0 Å². The lowest BCUT2D eigenvalue weighted by Gasteiger charge is -2.61. The van der Waals surface area contributed by atoms with Crippen molar-refractivity contribution in [3.05, 3.63) is 102 Å². The fraction of sp³-hybridized carbons (Fsp3) is 0.286. The van der Waals surface area contributed by atoms with Gasteiger partial charge in [0.2, 0.25) is 0 Å². The first-order valence-electron chi connectivity index (χ1n) is 13.9. The van der Waals surface area contributed by atoms with Crippen LogP contribution in [0.15, 0.2) is 84.9 Å². The third-order valence-corrected chi connectivity index (χ3v) is 10.6. The third-order valence-electron chi connectivity index (χ3n) is 10.6. The van der Waals surface area contributed by atoms with Gasteiger partial charge >= 0.3 is 0 Å². The summed E-state index contributed by atoms with van der Waals surface area (Å²) < 4.78 is 2.44. The molecule has 0 atom stereocenters. The number of fused-ring (bicyclic) bond motifs is 7. The molecule has 4 fully saturated rings. The molecule has 0 radical (unpaired) electrons. The Kier molecular flexibility index (Phi) is 3.79. The van der Waals surface area contributed by atoms with E-state index in [2.05, 4.69) is 77.4 Å². The van der Waals surface area contributed by atoms with Crippen LogP contribution in [0, 0.1) is 35.0 Å². The SMILES string of the molecule is N#Cc1cccc(-n2c3ccccc3c3ccc4c(c32)-c2ccccc2C42C3CC4CC(C3)CC2C4)c1. The van der Waals surface area contributed by atoms with Crippen LogP contribution in [0.25, 0.3) is 38.6 Å². The lowest BCUT2D eigenvalue weighted by Crippen LogP contribution is -2.55. The lowest BCUT2D eigenvalue weighted by atomic mass is 9.43. The molecule has 178 valence electrons. The van der Waals surface area contributed by atoms with Gasteiger partial charge in [0.15, 0.2) is 0 Å². The van der Waals surface area contributed by atoms with Gasteiger partial charge in [-0.1, -0.05) is 60.7 Å². The van der Waals surface area contributed by atoms with Crippen LogP contribution in [0.1, 0.15) is 48.8 Å². The van der Waals surface area contributed by atoms with E-state index in [0.717, 1.165) is 29.4 Å². The summed E-state index contributed by atoms with van der Waals surface area (Å²) in [7, 11) is 0. The van der Waals surface area contributed by atoms with Crippen LogP contribution < -0.4 is 0 Å². The highest BCUT2D eigenvalue weighted by Gasteiger charge is 2.61. The van der Waals surface area contributed by atoms with E-state index in [1.54, 1.807) is 11.1 Å². The molecule has 4 aromatic carbocycles. The van der Waals surface area contributed by atoms with Crippen molar-refractivity contribution in [1.82, 2.24) is 4.57 Å². The van der Waals surface area contributed by atoms with Gasteiger partial charge < -0.3 is 4.57 Å². The number of hydrogen-bond acceptors (Lipinski definition) is 1. The van der Waals surface area contributed by atoms with E-state index in [1.807, 2.05) is 18.2 Å². The molecule has 0 unspecified atom stereocenters. The molecular formula is C35H28N2. The zero-order chi connectivity index (χ0) is 24.3. The Hall–Kier alpha value is -3.83. The fourth-order valence-corrected chi connectivity index (χ4v) is 9.67. The van der Waals surface area contributed by atoms with Crippen molar-refractivity contribution in [1.29, 1.82) is 5.26 Å². The molecule has 0 N–H and O–H groups in total. The monoisotopic (exact) mass is 476 g/mol. The number of nitriles is 1. The molecule has 0 saturated heterocycles. The van der Waals surface area contributed by atoms with Crippen LogP contribution in [0.4, 0.5) is 0 Å². The molecule has 5 aliphatic carbocycles. The van der Waals surface area contributed by atoms with Crippen LogP contribution in [-0.2, 0) is 5.41 Å². The van der Waals surface area contributed by atoms with Crippen molar-refractivity contribution >= 4 is 21.8 Å². The molecule has 0 aliphatic heterocycles.